The van der Waals surface area contributed by atoms with E-state index >= 15 is 0 Å². The Morgan fingerprint density at radius 1 is 0.689 bits per heavy atom. The number of tetrazole rings is 2. The number of rotatable bonds is 7. The second-order valence-electron chi connectivity index (χ2n) is 9.04. The number of nitrogens with zero attached hydrogens (tertiary/aromatic N) is 7. The molecule has 0 unspecified atom stereocenters. The highest BCUT2D eigenvalue weighted by Gasteiger charge is 2.09. The van der Waals surface area contributed by atoms with Crippen LogP contribution in [0.15, 0.2) is 116 Å². The zero-order chi connectivity index (χ0) is 32.2. The summed E-state index contributed by atoms with van der Waals surface area (Å²) in [7, 11) is 3.28. The maximum Gasteiger partial charge on any atom is 0.368 e. The number of methoxy groups -OCH3 is 2. The number of alkyl halides is 1. The van der Waals surface area contributed by atoms with E-state index in [-0.39, 0.29) is 11.4 Å². The smallest absolute Gasteiger partial charge is 0.368 e. The summed E-state index contributed by atoms with van der Waals surface area (Å²) >= 11 is 10.0. The minimum atomic E-state index is -0.345. The van der Waals surface area contributed by atoms with Crippen LogP contribution in [0.2, 0.25) is 0 Å². The quantitative estimate of drug-likeness (QED) is 0.208. The van der Waals surface area contributed by atoms with E-state index in [1.807, 2.05) is 66.7 Å². The lowest BCUT2D eigenvalue weighted by molar-refractivity contribution is 0.414. The van der Waals surface area contributed by atoms with Crippen LogP contribution in [-0.2, 0) is 11.9 Å². The van der Waals surface area contributed by atoms with Gasteiger partial charge in [-0.3, -0.25) is 0 Å². The van der Waals surface area contributed by atoms with Crippen molar-refractivity contribution in [2.75, 3.05) is 14.2 Å². The summed E-state index contributed by atoms with van der Waals surface area (Å²) in [5.74, 6) is 1.66. The Labute approximate surface area is 283 Å². The van der Waals surface area contributed by atoms with Crippen molar-refractivity contribution in [2.45, 2.75) is 11.9 Å². The molecule has 6 aromatic rings. The second-order valence-corrected chi connectivity index (χ2v) is 11.4. The predicted octanol–water partition coefficient (Wildman–Crippen LogP) is 5.56. The molecule has 12 nitrogen and oxygen atoms in total. The lowest BCUT2D eigenvalue weighted by atomic mass is 10.2. The molecule has 232 valence electrons. The first-order chi connectivity index (χ1) is 21.8. The summed E-state index contributed by atoms with van der Waals surface area (Å²) in [6.45, 7) is 0.340. The summed E-state index contributed by atoms with van der Waals surface area (Å²) in [5.41, 5.74) is 2.88. The summed E-state index contributed by atoms with van der Waals surface area (Å²) < 4.78 is 15.9. The Morgan fingerprint density at radius 2 is 1.22 bits per heavy atom. The highest BCUT2D eigenvalue weighted by Crippen LogP contribution is 2.15. The van der Waals surface area contributed by atoms with Gasteiger partial charge in [0.15, 0.2) is 0 Å². The average molecular weight is 803 g/mol. The molecule has 45 heavy (non-hydrogen) atoms. The van der Waals surface area contributed by atoms with E-state index < -0.39 is 0 Å². The van der Waals surface area contributed by atoms with Crippen molar-refractivity contribution in [3.8, 4) is 22.9 Å². The first kappa shape index (κ1) is 33.6. The number of ether oxygens (including phenoxy) is 2. The highest BCUT2D eigenvalue weighted by molar-refractivity contribution is 9.10. The standard InChI is InChI=1S/C15H13BrN4O2.C8H9BrO.C7H5BrN4O/c1-22-14-4-2-3-11(9-14)10-19-15(21)20(18-17-19)13-7-5-12(16)6-8-13;1-10-8-4-2-3-7(5-8)6-9;8-5-1-3-6(4-2-5)12-7(13)9-10-11-12/h2-9H,10H2,1H3;2-5H,6H2,1H3;1-4H,(H,9,11,13). The summed E-state index contributed by atoms with van der Waals surface area (Å²) in [6.07, 6.45) is 0. The fourth-order valence-electron chi connectivity index (χ4n) is 3.77. The largest absolute Gasteiger partial charge is 0.497 e. The second kappa shape index (κ2) is 16.7. The number of nitrogens with one attached hydrogen (secondary N) is 1. The van der Waals surface area contributed by atoms with Gasteiger partial charge in [-0.15, -0.1) is 0 Å². The van der Waals surface area contributed by atoms with Gasteiger partial charge in [0.25, 0.3) is 0 Å². The lowest BCUT2D eigenvalue weighted by Gasteiger charge is -2.03. The molecule has 2 heterocycles. The van der Waals surface area contributed by atoms with E-state index in [9.17, 15) is 9.59 Å². The Morgan fingerprint density at radius 3 is 1.73 bits per heavy atom. The molecule has 0 amide bonds. The Hall–Kier alpha value is -4.34. The molecule has 2 aromatic heterocycles. The van der Waals surface area contributed by atoms with Crippen LogP contribution in [-0.4, -0.2) is 54.2 Å². The lowest BCUT2D eigenvalue weighted by Crippen LogP contribution is -2.24. The van der Waals surface area contributed by atoms with Crippen LogP contribution in [0.4, 0.5) is 0 Å². The predicted molar refractivity (Wildman–Crippen MR) is 181 cm³/mol. The van der Waals surface area contributed by atoms with Crippen molar-refractivity contribution < 1.29 is 9.47 Å². The molecule has 0 radical (unpaired) electrons. The van der Waals surface area contributed by atoms with Gasteiger partial charge in [-0.2, -0.15) is 14.0 Å². The minimum absolute atomic E-state index is 0.287. The van der Waals surface area contributed by atoms with Gasteiger partial charge in [-0.1, -0.05) is 72.1 Å². The molecular formula is C30H27Br3N8O4. The van der Waals surface area contributed by atoms with Gasteiger partial charge >= 0.3 is 11.4 Å². The molecule has 0 bridgehead atoms. The topological polar surface area (TPSA) is 135 Å². The van der Waals surface area contributed by atoms with Crippen molar-refractivity contribution in [2.24, 2.45) is 0 Å². The van der Waals surface area contributed by atoms with Crippen LogP contribution < -0.4 is 20.9 Å². The van der Waals surface area contributed by atoms with Gasteiger partial charge < -0.3 is 9.47 Å². The number of H-pyrrole nitrogens is 1. The van der Waals surface area contributed by atoms with E-state index in [0.717, 1.165) is 31.3 Å². The molecule has 0 spiro atoms. The summed E-state index contributed by atoms with van der Waals surface area (Å²) in [4.78, 5) is 23.4. The molecule has 0 aliphatic rings. The van der Waals surface area contributed by atoms with Crippen molar-refractivity contribution >= 4 is 47.8 Å². The molecule has 15 heteroatoms. The number of hydrogen-bond acceptors (Lipinski definition) is 8. The number of halogens is 3. The van der Waals surface area contributed by atoms with Crippen LogP contribution >= 0.6 is 47.8 Å². The number of aromatic amines is 1. The van der Waals surface area contributed by atoms with Gasteiger partial charge in [0.1, 0.15) is 11.5 Å². The van der Waals surface area contributed by atoms with E-state index in [1.165, 1.54) is 19.6 Å². The number of aromatic nitrogens is 8. The molecule has 0 saturated heterocycles. The summed E-state index contributed by atoms with van der Waals surface area (Å²) in [6, 6.07) is 30.0. The van der Waals surface area contributed by atoms with E-state index in [1.54, 1.807) is 38.5 Å². The third kappa shape index (κ3) is 9.57. The van der Waals surface area contributed by atoms with Crippen LogP contribution in [0.25, 0.3) is 11.4 Å². The van der Waals surface area contributed by atoms with Gasteiger partial charge in [0, 0.05) is 14.3 Å². The minimum Gasteiger partial charge on any atom is -0.497 e. The molecule has 1 N–H and O–H groups in total. The molecule has 4 aromatic carbocycles. The number of benzene rings is 4. The maximum atomic E-state index is 12.4. The first-order valence-corrected chi connectivity index (χ1v) is 15.9. The van der Waals surface area contributed by atoms with Gasteiger partial charge in [-0.05, 0) is 105 Å². The SMILES string of the molecule is COc1cccc(CBr)c1.COc1cccc(Cn2nnn(-c3ccc(Br)cc3)c2=O)c1.O=c1[nH]nnn1-c1ccc(Br)cc1. The van der Waals surface area contributed by atoms with E-state index in [0.29, 0.717) is 17.9 Å². The zero-order valence-corrected chi connectivity index (χ0v) is 28.8. The third-order valence-corrected chi connectivity index (χ3v) is 7.71. The van der Waals surface area contributed by atoms with Crippen LogP contribution in [0, 0.1) is 0 Å². The molecule has 0 saturated carbocycles. The van der Waals surface area contributed by atoms with Gasteiger partial charge in [-0.25, -0.2) is 14.7 Å². The van der Waals surface area contributed by atoms with Crippen molar-refractivity contribution in [3.05, 3.63) is 138 Å². The maximum absolute atomic E-state index is 12.4. The molecule has 6 rings (SSSR count). The molecule has 0 atom stereocenters. The van der Waals surface area contributed by atoms with Crippen molar-refractivity contribution in [1.82, 2.24) is 40.0 Å². The van der Waals surface area contributed by atoms with Gasteiger partial charge in [0.05, 0.1) is 32.1 Å². The van der Waals surface area contributed by atoms with Crippen molar-refractivity contribution in [3.63, 3.8) is 0 Å². The fourth-order valence-corrected chi connectivity index (χ4v) is 4.64. The fraction of sp³-hybridized carbons (Fsp3) is 0.133. The average Bonchev–Trinajstić information content (AvgIpc) is 3.67. The van der Waals surface area contributed by atoms with E-state index in [4.69, 9.17) is 9.47 Å². The monoisotopic (exact) mass is 800 g/mol. The highest BCUT2D eigenvalue weighted by atomic mass is 79.9. The molecular weight excluding hydrogens is 776 g/mol. The Bertz CT molecular complexity index is 1900. The van der Waals surface area contributed by atoms with Gasteiger partial charge in [0.2, 0.25) is 0 Å². The first-order valence-electron chi connectivity index (χ1n) is 13.2. The normalized spacial score (nSPS) is 10.2. The molecule has 0 aliphatic heterocycles. The molecule has 0 aliphatic carbocycles. The zero-order valence-electron chi connectivity index (χ0n) is 24.0. The third-order valence-electron chi connectivity index (χ3n) is 6.01. The Balaban J connectivity index is 0.000000170. The van der Waals surface area contributed by atoms with Crippen LogP contribution in [0.5, 0.6) is 11.5 Å². The Kier molecular flexibility index (Phi) is 12.4. The number of hydrogen-bond donors (Lipinski definition) is 1. The summed E-state index contributed by atoms with van der Waals surface area (Å²) in [5, 5.41) is 17.9. The van der Waals surface area contributed by atoms with Crippen LogP contribution in [0.1, 0.15) is 11.1 Å². The van der Waals surface area contributed by atoms with Crippen molar-refractivity contribution in [1.29, 1.82) is 0 Å². The van der Waals surface area contributed by atoms with E-state index in [2.05, 4.69) is 79.8 Å². The molecule has 0 fully saturated rings. The van der Waals surface area contributed by atoms with Crippen LogP contribution in [0.3, 0.4) is 0 Å².